The first-order chi connectivity index (χ1) is 37.0. The van der Waals surface area contributed by atoms with Gasteiger partial charge in [0.25, 0.3) is 0 Å². The highest BCUT2D eigenvalue weighted by Gasteiger charge is 2.24. The Morgan fingerprint density at radius 3 is 1.53 bits per heavy atom. The zero-order chi connectivity index (χ0) is 55.7. The standard InChI is InChI=1S/C51H31N5O/c1-4-14-32(15-5-1)35-24-28-45-41(30-35)42-31-36(25-29-46(42)57-45)55-43-22-12-10-20-37(43)39-26-27-40-38-21-11-13-23-44(38)56(48(40)47(39)55)51-53-49(33-16-6-2-7-17-33)52-50(54-51)34-18-8-3-9-19-34/h1-31H/i1D,2D,3D,4D,5D,6D,7D,8D,9D,14D,15D,16D,17D,18D,19D,24D,25D,28D,29D,30D,31D. The van der Waals surface area contributed by atoms with Crippen LogP contribution in [0.3, 0.4) is 0 Å². The van der Waals surface area contributed by atoms with Crippen LogP contribution < -0.4 is 0 Å². The molecular weight excluding hydrogens is 699 g/mol. The summed E-state index contributed by atoms with van der Waals surface area (Å²) in [6.07, 6.45) is 0. The number of aromatic nitrogens is 5. The highest BCUT2D eigenvalue weighted by molar-refractivity contribution is 6.24. The maximum atomic E-state index is 10.1. The lowest BCUT2D eigenvalue weighted by Crippen LogP contribution is -2.07. The minimum atomic E-state index is -0.757. The van der Waals surface area contributed by atoms with Crippen molar-refractivity contribution < 1.29 is 33.2 Å². The molecule has 4 aromatic heterocycles. The molecule has 266 valence electrons. The third-order valence-electron chi connectivity index (χ3n) is 9.71. The Bertz CT molecular complexity index is 4600. The normalized spacial score (nSPS) is 17.0. The third kappa shape index (κ3) is 4.87. The molecule has 0 saturated carbocycles. The van der Waals surface area contributed by atoms with E-state index < -0.39 is 172 Å². The van der Waals surface area contributed by atoms with Gasteiger partial charge in [0.05, 0.1) is 50.9 Å². The van der Waals surface area contributed by atoms with Crippen molar-refractivity contribution in [3.63, 3.8) is 0 Å². The fraction of sp³-hybridized carbons (Fsp3) is 0. The Morgan fingerprint density at radius 1 is 0.404 bits per heavy atom. The van der Waals surface area contributed by atoms with Gasteiger partial charge in [-0.05, 0) is 53.5 Å². The van der Waals surface area contributed by atoms with Crippen LogP contribution in [0.5, 0.6) is 0 Å². The van der Waals surface area contributed by atoms with Gasteiger partial charge >= 0.3 is 0 Å². The van der Waals surface area contributed by atoms with E-state index >= 15 is 0 Å². The highest BCUT2D eigenvalue weighted by atomic mass is 16.3. The van der Waals surface area contributed by atoms with Gasteiger partial charge in [0.1, 0.15) is 11.2 Å². The van der Waals surface area contributed by atoms with Gasteiger partial charge in [-0.25, -0.2) is 4.98 Å². The van der Waals surface area contributed by atoms with Crippen LogP contribution in [0, 0.1) is 0 Å². The maximum absolute atomic E-state index is 10.1. The summed E-state index contributed by atoms with van der Waals surface area (Å²) in [6.45, 7) is 0. The number of hydrogen-bond donors (Lipinski definition) is 0. The average molecular weight is 751 g/mol. The second-order valence-corrected chi connectivity index (χ2v) is 12.8. The Labute approximate surface area is 356 Å². The Morgan fingerprint density at radius 2 is 0.912 bits per heavy atom. The first-order valence-corrected chi connectivity index (χ1v) is 17.4. The highest BCUT2D eigenvalue weighted by Crippen LogP contribution is 2.42. The van der Waals surface area contributed by atoms with Crippen molar-refractivity contribution in [3.8, 4) is 45.5 Å². The Hall–Kier alpha value is -7.83. The summed E-state index contributed by atoms with van der Waals surface area (Å²) in [5.41, 5.74) is -1.93. The third-order valence-corrected chi connectivity index (χ3v) is 9.71. The summed E-state index contributed by atoms with van der Waals surface area (Å²) in [5.74, 6) is -1.41. The lowest BCUT2D eigenvalue weighted by Gasteiger charge is -2.13. The predicted octanol–water partition coefficient (Wildman–Crippen LogP) is 13.0. The molecular formula is C51H31N5O. The van der Waals surface area contributed by atoms with Gasteiger partial charge in [-0.2, -0.15) is 9.97 Å². The van der Waals surface area contributed by atoms with Crippen LogP contribution in [0.4, 0.5) is 0 Å². The molecule has 0 atom stereocenters. The van der Waals surface area contributed by atoms with Crippen molar-refractivity contribution in [1.82, 2.24) is 24.1 Å². The molecule has 0 spiro atoms. The monoisotopic (exact) mass is 750 g/mol. The van der Waals surface area contributed by atoms with Crippen LogP contribution >= 0.6 is 0 Å². The van der Waals surface area contributed by atoms with Crippen molar-refractivity contribution in [2.24, 2.45) is 0 Å². The Balaban J connectivity index is 1.26. The van der Waals surface area contributed by atoms with Gasteiger partial charge in [-0.3, -0.25) is 4.57 Å². The molecule has 0 unspecified atom stereocenters. The molecule has 12 rings (SSSR count). The molecule has 0 saturated heterocycles. The van der Waals surface area contributed by atoms with E-state index in [-0.39, 0.29) is 33.4 Å². The van der Waals surface area contributed by atoms with E-state index in [1.54, 1.807) is 60.7 Å². The number of furan rings is 1. The van der Waals surface area contributed by atoms with Crippen LogP contribution in [-0.4, -0.2) is 24.1 Å². The molecule has 6 heteroatoms. The van der Waals surface area contributed by atoms with E-state index in [4.69, 9.17) is 37.7 Å². The van der Waals surface area contributed by atoms with E-state index in [2.05, 4.69) is 4.98 Å². The van der Waals surface area contributed by atoms with Gasteiger partial charge < -0.3 is 8.98 Å². The van der Waals surface area contributed by atoms with Crippen LogP contribution in [0.2, 0.25) is 0 Å². The van der Waals surface area contributed by atoms with Crippen LogP contribution in [0.1, 0.15) is 28.8 Å². The van der Waals surface area contributed by atoms with Gasteiger partial charge in [-0.15, -0.1) is 0 Å². The number of fused-ring (bicyclic) bond motifs is 10. The number of nitrogens with zero attached hydrogens (tertiary/aromatic N) is 5. The van der Waals surface area contributed by atoms with Crippen molar-refractivity contribution in [2.75, 3.05) is 0 Å². The predicted molar refractivity (Wildman–Crippen MR) is 232 cm³/mol. The molecule has 6 nitrogen and oxygen atoms in total. The molecule has 0 N–H and O–H groups in total. The zero-order valence-electron chi connectivity index (χ0n) is 49.9. The number of benzene rings is 8. The quantitative estimate of drug-likeness (QED) is 0.176. The fourth-order valence-corrected chi connectivity index (χ4v) is 7.35. The van der Waals surface area contributed by atoms with Crippen molar-refractivity contribution in [2.45, 2.75) is 0 Å². The second kappa shape index (κ2) is 12.3. The van der Waals surface area contributed by atoms with Crippen molar-refractivity contribution >= 4 is 65.6 Å². The molecule has 0 bridgehead atoms. The SMILES string of the molecule is [2H]c1c([2H])c([2H])c(-c2nc(-c3c([2H])c([2H])c([2H])c([2H])c3[2H])nc(-n3c4ccccc4c4ccc5c6ccccc6n(-c6c([2H])c([2H])c7oc8c([2H])c([2H])c(-c9c([2H])c([2H])c([2H])c([2H])c9[2H])c([2H])c8c7c6[2H])c5c43)n2)c([2H])c1[2H]. The average Bonchev–Trinajstić information content (AvgIpc) is 3.58. The minimum Gasteiger partial charge on any atom is -0.456 e. The van der Waals surface area contributed by atoms with E-state index in [1.165, 1.54) is 9.13 Å². The van der Waals surface area contributed by atoms with E-state index in [0.717, 1.165) is 0 Å². The number of para-hydroxylation sites is 2. The van der Waals surface area contributed by atoms with Crippen LogP contribution in [-0.2, 0) is 0 Å². The first kappa shape index (κ1) is 17.3. The van der Waals surface area contributed by atoms with E-state index in [1.807, 2.05) is 0 Å². The summed E-state index contributed by atoms with van der Waals surface area (Å²) in [6, 6.07) is 2.68. The van der Waals surface area contributed by atoms with Crippen LogP contribution in [0.25, 0.3) is 111 Å². The molecule has 4 heterocycles. The fourth-order valence-electron chi connectivity index (χ4n) is 7.35. The molecule has 12 aromatic rings. The van der Waals surface area contributed by atoms with Crippen molar-refractivity contribution in [3.05, 3.63) is 188 Å². The summed E-state index contributed by atoms with van der Waals surface area (Å²) in [4.78, 5) is 14.0. The van der Waals surface area contributed by atoms with E-state index in [0.29, 0.717) is 32.6 Å². The Kier molecular flexibility index (Phi) is 3.75. The maximum Gasteiger partial charge on any atom is 0.238 e. The number of hydrogen-bond acceptors (Lipinski definition) is 4. The zero-order valence-corrected chi connectivity index (χ0v) is 28.9. The minimum absolute atomic E-state index is 0.244. The molecule has 0 aliphatic heterocycles. The van der Waals surface area contributed by atoms with Gasteiger partial charge in [0, 0.05) is 49.1 Å². The lowest BCUT2D eigenvalue weighted by molar-refractivity contribution is 0.669. The molecule has 57 heavy (non-hydrogen) atoms. The molecule has 0 aliphatic carbocycles. The van der Waals surface area contributed by atoms with Gasteiger partial charge in [-0.1, -0.05) is 145 Å². The smallest absolute Gasteiger partial charge is 0.238 e. The summed E-state index contributed by atoms with van der Waals surface area (Å²) >= 11 is 0. The first-order valence-electron chi connectivity index (χ1n) is 27.9. The molecule has 8 aromatic carbocycles. The molecule has 0 amide bonds. The number of rotatable bonds is 5. The lowest BCUT2D eigenvalue weighted by atomic mass is 10.0. The molecule has 0 fully saturated rings. The van der Waals surface area contributed by atoms with Crippen LogP contribution in [0.15, 0.2) is 192 Å². The summed E-state index contributed by atoms with van der Waals surface area (Å²) in [7, 11) is 0. The summed E-state index contributed by atoms with van der Waals surface area (Å²) in [5, 5.41) is 1.53. The topological polar surface area (TPSA) is 61.7 Å². The molecule has 0 aliphatic rings. The second-order valence-electron chi connectivity index (χ2n) is 12.8. The van der Waals surface area contributed by atoms with Crippen molar-refractivity contribution in [1.29, 1.82) is 0 Å². The van der Waals surface area contributed by atoms with Gasteiger partial charge in [0.15, 0.2) is 11.6 Å². The largest absolute Gasteiger partial charge is 0.456 e. The molecule has 0 radical (unpaired) electrons. The van der Waals surface area contributed by atoms with Gasteiger partial charge in [0.2, 0.25) is 5.95 Å². The van der Waals surface area contributed by atoms with E-state index in [9.17, 15) is 5.48 Å². The summed E-state index contributed by atoms with van der Waals surface area (Å²) < 4.78 is 195.